The number of nitrogens with one attached hydrogen (secondary N) is 1. The molecule has 3 N–H and O–H groups in total. The second-order valence-electron chi connectivity index (χ2n) is 12.1. The summed E-state index contributed by atoms with van der Waals surface area (Å²) in [6, 6.07) is -1.08. The molecule has 2 unspecified atom stereocenters. The Morgan fingerprint density at radius 3 is 1.45 bits per heavy atom. The lowest BCUT2D eigenvalue weighted by atomic mass is 10.1. The third-order valence-electron chi connectivity index (χ3n) is 7.71. The van der Waals surface area contributed by atoms with Crippen molar-refractivity contribution in [1.29, 1.82) is 0 Å². The number of amides is 1. The van der Waals surface area contributed by atoms with Crippen molar-refractivity contribution < 1.29 is 22.9 Å². The number of carbonyl (C=O) groups is 1. The van der Waals surface area contributed by atoms with Gasteiger partial charge in [0.2, 0.25) is 5.91 Å². The molecule has 0 rings (SSSR count). The Morgan fingerprint density at radius 1 is 0.591 bits per heavy atom. The Kier molecular flexibility index (Phi) is 30.1. The average molecular weight is 638 g/mol. The van der Waals surface area contributed by atoms with Crippen LogP contribution in [0, 0.1) is 0 Å². The molecule has 0 bridgehead atoms. The molecule has 0 aromatic carbocycles. The maximum atomic E-state index is 12.4. The summed E-state index contributed by atoms with van der Waals surface area (Å²) in [7, 11) is -4.35. The van der Waals surface area contributed by atoms with Gasteiger partial charge in [0, 0.05) is 6.42 Å². The van der Waals surface area contributed by atoms with Crippen LogP contribution in [0.25, 0.3) is 0 Å². The summed E-state index contributed by atoms with van der Waals surface area (Å²) in [6.07, 6.45) is 40.9. The van der Waals surface area contributed by atoms with Gasteiger partial charge < -0.3 is 10.4 Å². The number of aliphatic hydroxyl groups excluding tert-OH is 1. The van der Waals surface area contributed by atoms with E-state index >= 15 is 0 Å². The predicted octanol–water partition coefficient (Wildman–Crippen LogP) is 9.96. The maximum Gasteiger partial charge on any atom is 0.267 e. The first kappa shape index (κ1) is 42.3. The van der Waals surface area contributed by atoms with Crippen LogP contribution < -0.4 is 5.32 Å². The van der Waals surface area contributed by atoms with Crippen molar-refractivity contribution in [1.82, 2.24) is 5.32 Å². The molecule has 0 fully saturated rings. The molecular formula is C37H67NO5S. The molecule has 0 aliphatic rings. The van der Waals surface area contributed by atoms with Gasteiger partial charge in [-0.1, -0.05) is 133 Å². The molecule has 0 aromatic heterocycles. The molecule has 0 heterocycles. The highest BCUT2D eigenvalue weighted by atomic mass is 32.2. The lowest BCUT2D eigenvalue weighted by molar-refractivity contribution is -0.122. The van der Waals surface area contributed by atoms with Gasteiger partial charge in [-0.2, -0.15) is 8.42 Å². The normalized spacial score (nSPS) is 14.0. The minimum Gasteiger partial charge on any atom is -0.387 e. The van der Waals surface area contributed by atoms with Crippen LogP contribution >= 0.6 is 0 Å². The van der Waals surface area contributed by atoms with Gasteiger partial charge in [-0.3, -0.25) is 9.35 Å². The van der Waals surface area contributed by atoms with Crippen LogP contribution in [0.1, 0.15) is 162 Å². The minimum absolute atomic E-state index is 0.273. The predicted molar refractivity (Wildman–Crippen MR) is 188 cm³/mol. The summed E-state index contributed by atoms with van der Waals surface area (Å²) >= 11 is 0. The fourth-order valence-corrected chi connectivity index (χ4v) is 5.74. The molecule has 2 atom stereocenters. The number of carbonyl (C=O) groups excluding carboxylic acids is 1. The van der Waals surface area contributed by atoms with E-state index < -0.39 is 28.0 Å². The monoisotopic (exact) mass is 637 g/mol. The van der Waals surface area contributed by atoms with Crippen molar-refractivity contribution in [2.24, 2.45) is 0 Å². The van der Waals surface area contributed by atoms with Gasteiger partial charge in [0.1, 0.15) is 0 Å². The van der Waals surface area contributed by atoms with Gasteiger partial charge in [0.25, 0.3) is 10.1 Å². The molecule has 0 saturated heterocycles. The first-order chi connectivity index (χ1) is 21.3. The zero-order valence-electron chi connectivity index (χ0n) is 28.3. The summed E-state index contributed by atoms with van der Waals surface area (Å²) in [4.78, 5) is 12.4. The van der Waals surface area contributed by atoms with Crippen LogP contribution in [0.5, 0.6) is 0 Å². The van der Waals surface area contributed by atoms with Gasteiger partial charge in [-0.05, 0) is 70.6 Å². The van der Waals surface area contributed by atoms with Crippen molar-refractivity contribution in [3.8, 4) is 0 Å². The second kappa shape index (κ2) is 31.3. The Balaban J connectivity index is 4.12. The molecule has 0 radical (unpaired) electrons. The molecule has 0 aliphatic heterocycles. The molecule has 0 aliphatic carbocycles. The van der Waals surface area contributed by atoms with Gasteiger partial charge in [0.15, 0.2) is 0 Å². The van der Waals surface area contributed by atoms with Crippen molar-refractivity contribution >= 4 is 16.0 Å². The number of hydrogen-bond acceptors (Lipinski definition) is 4. The minimum atomic E-state index is -4.35. The largest absolute Gasteiger partial charge is 0.387 e. The molecular weight excluding hydrogens is 570 g/mol. The van der Waals surface area contributed by atoms with Crippen LogP contribution in [-0.2, 0) is 14.9 Å². The molecule has 0 spiro atoms. The molecule has 0 aromatic rings. The van der Waals surface area contributed by atoms with E-state index in [0.717, 1.165) is 51.4 Å². The van der Waals surface area contributed by atoms with Gasteiger partial charge in [0.05, 0.1) is 17.9 Å². The van der Waals surface area contributed by atoms with E-state index in [1.807, 2.05) is 0 Å². The number of allylic oxidation sites excluding steroid dienone is 7. The standard InChI is InChI=1S/C37H67NO5S/c1-3-5-7-9-11-13-15-17-18-19-21-22-24-26-28-30-32-36(39)35(34-44(41,42)43)38-37(40)33-31-29-27-25-23-20-16-14-12-10-8-6-4-2/h14,16-18,22,24,30,32,35-36,39H,3-13,15,19-21,23,25-29,31,33-34H2,1-2H3,(H,38,40)(H,41,42,43)/b16-14-,18-17+,24-22+,32-30+. The molecule has 256 valence electrons. The topological polar surface area (TPSA) is 104 Å². The van der Waals surface area contributed by atoms with Crippen molar-refractivity contribution in [3.05, 3.63) is 48.6 Å². The Bertz CT molecular complexity index is 878. The summed E-state index contributed by atoms with van der Waals surface area (Å²) < 4.78 is 32.3. The summed E-state index contributed by atoms with van der Waals surface area (Å²) in [6.45, 7) is 4.47. The summed E-state index contributed by atoms with van der Waals surface area (Å²) in [5.74, 6) is -1.02. The van der Waals surface area contributed by atoms with Crippen LogP contribution in [0.3, 0.4) is 0 Å². The van der Waals surface area contributed by atoms with E-state index in [-0.39, 0.29) is 12.3 Å². The number of unbranched alkanes of at least 4 members (excludes halogenated alkanes) is 17. The van der Waals surface area contributed by atoms with Gasteiger partial charge in [-0.25, -0.2) is 0 Å². The van der Waals surface area contributed by atoms with E-state index in [2.05, 4.69) is 55.6 Å². The zero-order chi connectivity index (χ0) is 32.6. The lowest BCUT2D eigenvalue weighted by Crippen LogP contribution is -2.46. The zero-order valence-corrected chi connectivity index (χ0v) is 29.1. The van der Waals surface area contributed by atoms with E-state index in [9.17, 15) is 22.9 Å². The fourth-order valence-electron chi connectivity index (χ4n) is 5.00. The second-order valence-corrected chi connectivity index (χ2v) is 13.6. The Morgan fingerprint density at radius 2 is 0.977 bits per heavy atom. The van der Waals surface area contributed by atoms with Gasteiger partial charge in [-0.15, -0.1) is 0 Å². The summed E-state index contributed by atoms with van der Waals surface area (Å²) in [5.41, 5.74) is 0. The SMILES string of the molecule is CCCCCC/C=C\CCCCCCCC(=O)NC(CS(=O)(=O)O)C(O)/C=C/CC/C=C/CC/C=C/CCCCCCCC. The third kappa shape index (κ3) is 31.7. The number of hydrogen-bond donors (Lipinski definition) is 3. The highest BCUT2D eigenvalue weighted by Gasteiger charge is 2.24. The maximum absolute atomic E-state index is 12.4. The van der Waals surface area contributed by atoms with Crippen molar-refractivity contribution in [2.45, 2.75) is 174 Å². The number of rotatable bonds is 31. The van der Waals surface area contributed by atoms with Crippen LogP contribution in [0.15, 0.2) is 48.6 Å². The molecule has 6 nitrogen and oxygen atoms in total. The van der Waals surface area contributed by atoms with Crippen LogP contribution in [0.4, 0.5) is 0 Å². The fraction of sp³-hybridized carbons (Fsp3) is 0.757. The van der Waals surface area contributed by atoms with Crippen molar-refractivity contribution in [3.63, 3.8) is 0 Å². The lowest BCUT2D eigenvalue weighted by Gasteiger charge is -2.21. The first-order valence-corrected chi connectivity index (χ1v) is 19.4. The van der Waals surface area contributed by atoms with E-state index in [1.54, 1.807) is 6.08 Å². The summed E-state index contributed by atoms with van der Waals surface area (Å²) in [5, 5.41) is 13.1. The molecule has 1 amide bonds. The van der Waals surface area contributed by atoms with E-state index in [1.165, 1.54) is 83.1 Å². The van der Waals surface area contributed by atoms with Crippen LogP contribution in [-0.4, -0.2) is 41.9 Å². The Labute approximate surface area is 271 Å². The smallest absolute Gasteiger partial charge is 0.267 e. The van der Waals surface area contributed by atoms with E-state index in [4.69, 9.17) is 0 Å². The van der Waals surface area contributed by atoms with Crippen molar-refractivity contribution in [2.75, 3.05) is 5.75 Å². The number of aliphatic hydroxyl groups is 1. The van der Waals surface area contributed by atoms with Gasteiger partial charge >= 0.3 is 0 Å². The highest BCUT2D eigenvalue weighted by Crippen LogP contribution is 2.11. The van der Waals surface area contributed by atoms with Crippen LogP contribution in [0.2, 0.25) is 0 Å². The molecule has 0 saturated carbocycles. The quantitative estimate of drug-likeness (QED) is 0.0399. The first-order valence-electron chi connectivity index (χ1n) is 17.8. The van der Waals surface area contributed by atoms with E-state index in [0.29, 0.717) is 12.8 Å². The molecule has 7 heteroatoms. The molecule has 44 heavy (non-hydrogen) atoms. The highest BCUT2D eigenvalue weighted by molar-refractivity contribution is 7.85. The third-order valence-corrected chi connectivity index (χ3v) is 8.49. The average Bonchev–Trinajstić information content (AvgIpc) is 2.98. The Hall–Kier alpha value is -1.70.